The molecule has 4 nitrogen and oxygen atoms in total. The Hall–Kier alpha value is -0.610. The monoisotopic (exact) mass is 306 g/mol. The molecule has 1 unspecified atom stereocenters. The lowest BCUT2D eigenvalue weighted by molar-refractivity contribution is -0.126. The molecule has 4 heteroatoms. The highest BCUT2D eigenvalue weighted by Crippen LogP contribution is 2.49. The number of amides is 1. The van der Waals surface area contributed by atoms with Gasteiger partial charge in [0, 0.05) is 31.2 Å². The van der Waals surface area contributed by atoms with E-state index < -0.39 is 0 Å². The molecule has 1 saturated heterocycles. The van der Waals surface area contributed by atoms with Crippen LogP contribution in [0.5, 0.6) is 0 Å². The molecule has 4 rings (SSSR count). The molecule has 4 aliphatic rings. The van der Waals surface area contributed by atoms with Crippen molar-refractivity contribution in [2.24, 2.45) is 28.9 Å². The normalized spacial score (nSPS) is 41.0. The van der Waals surface area contributed by atoms with Gasteiger partial charge in [-0.3, -0.25) is 4.79 Å². The maximum absolute atomic E-state index is 12.5. The zero-order valence-corrected chi connectivity index (χ0v) is 13.6. The molecule has 0 aromatic heterocycles. The minimum absolute atomic E-state index is 0.238. The first-order chi connectivity index (χ1) is 10.7. The van der Waals surface area contributed by atoms with E-state index in [1.165, 1.54) is 25.7 Å². The van der Waals surface area contributed by atoms with Crippen LogP contribution in [0.25, 0.3) is 0 Å². The standard InChI is InChI=1S/C18H30N2O2/c19-16-11-12-9-13(10-15(12)16)17(21)20-14-1-3-18(4-2-14)5-7-22-8-6-18/h12-16H,1-11,19H2,(H,20,21)/t12-,13?,15-,16+/m0/s1. The summed E-state index contributed by atoms with van der Waals surface area (Å²) < 4.78 is 5.51. The van der Waals surface area contributed by atoms with E-state index in [1.54, 1.807) is 0 Å². The molecule has 0 radical (unpaired) electrons. The maximum Gasteiger partial charge on any atom is 0.223 e. The summed E-state index contributed by atoms with van der Waals surface area (Å²) in [5.41, 5.74) is 6.57. The van der Waals surface area contributed by atoms with Crippen LogP contribution in [0, 0.1) is 23.2 Å². The lowest BCUT2D eigenvalue weighted by Crippen LogP contribution is -2.44. The number of ether oxygens (including phenoxy) is 1. The number of nitrogens with two attached hydrogens (primary N) is 1. The smallest absolute Gasteiger partial charge is 0.223 e. The second-order valence-corrected chi connectivity index (χ2v) is 8.39. The van der Waals surface area contributed by atoms with Crippen LogP contribution in [0.15, 0.2) is 0 Å². The van der Waals surface area contributed by atoms with Gasteiger partial charge in [0.15, 0.2) is 0 Å². The number of carbonyl (C=O) groups is 1. The van der Waals surface area contributed by atoms with Crippen LogP contribution < -0.4 is 11.1 Å². The van der Waals surface area contributed by atoms with E-state index in [2.05, 4.69) is 5.32 Å². The van der Waals surface area contributed by atoms with Crippen molar-refractivity contribution in [3.8, 4) is 0 Å². The van der Waals surface area contributed by atoms with E-state index in [0.29, 0.717) is 29.3 Å². The molecule has 4 fully saturated rings. The summed E-state index contributed by atoms with van der Waals surface area (Å²) in [5, 5.41) is 3.36. The van der Waals surface area contributed by atoms with Crippen LogP contribution in [0.4, 0.5) is 0 Å². The molecule has 3 aliphatic carbocycles. The van der Waals surface area contributed by atoms with Crippen molar-refractivity contribution in [3.05, 3.63) is 0 Å². The first-order valence-electron chi connectivity index (χ1n) is 9.29. The zero-order chi connectivity index (χ0) is 15.2. The zero-order valence-electron chi connectivity index (χ0n) is 13.6. The van der Waals surface area contributed by atoms with Crippen LogP contribution in [0.1, 0.15) is 57.8 Å². The Kier molecular flexibility index (Phi) is 3.93. The van der Waals surface area contributed by atoms with Gasteiger partial charge in [0.2, 0.25) is 5.91 Å². The SMILES string of the molecule is N[C@@H]1C[C@@H]2CC(C(=O)NC3CCC4(CCOCC4)CC3)C[C@@H]21. The third kappa shape index (κ3) is 2.69. The molecule has 22 heavy (non-hydrogen) atoms. The van der Waals surface area contributed by atoms with E-state index >= 15 is 0 Å². The molecule has 0 aromatic carbocycles. The van der Waals surface area contributed by atoms with Crippen molar-refractivity contribution < 1.29 is 9.53 Å². The van der Waals surface area contributed by atoms with Crippen molar-refractivity contribution >= 4 is 5.91 Å². The van der Waals surface area contributed by atoms with Gasteiger partial charge in [0.1, 0.15) is 0 Å². The molecule has 1 aliphatic heterocycles. The Balaban J connectivity index is 1.25. The molecule has 3 N–H and O–H groups in total. The van der Waals surface area contributed by atoms with Gasteiger partial charge in [0.25, 0.3) is 0 Å². The van der Waals surface area contributed by atoms with Gasteiger partial charge in [-0.2, -0.15) is 0 Å². The molecule has 0 bridgehead atoms. The van der Waals surface area contributed by atoms with Crippen molar-refractivity contribution in [1.29, 1.82) is 0 Å². The highest BCUT2D eigenvalue weighted by Gasteiger charge is 2.48. The fourth-order valence-corrected chi connectivity index (χ4v) is 5.49. The van der Waals surface area contributed by atoms with Gasteiger partial charge in [0.05, 0.1) is 0 Å². The van der Waals surface area contributed by atoms with Crippen LogP contribution >= 0.6 is 0 Å². The van der Waals surface area contributed by atoms with Crippen molar-refractivity contribution in [2.75, 3.05) is 13.2 Å². The summed E-state index contributed by atoms with van der Waals surface area (Å²) in [7, 11) is 0. The van der Waals surface area contributed by atoms with E-state index in [4.69, 9.17) is 10.5 Å². The highest BCUT2D eigenvalue weighted by atomic mass is 16.5. The summed E-state index contributed by atoms with van der Waals surface area (Å²) >= 11 is 0. The highest BCUT2D eigenvalue weighted by molar-refractivity contribution is 5.79. The second-order valence-electron chi connectivity index (χ2n) is 8.39. The Morgan fingerprint density at radius 2 is 1.77 bits per heavy atom. The van der Waals surface area contributed by atoms with E-state index in [9.17, 15) is 4.79 Å². The third-order valence-electron chi connectivity index (χ3n) is 7.19. The number of hydrogen-bond acceptors (Lipinski definition) is 3. The molecule has 3 saturated carbocycles. The topological polar surface area (TPSA) is 64.4 Å². The minimum Gasteiger partial charge on any atom is -0.381 e. The number of carbonyl (C=O) groups excluding carboxylic acids is 1. The Labute approximate surface area is 133 Å². The number of rotatable bonds is 2. The Morgan fingerprint density at radius 3 is 2.41 bits per heavy atom. The van der Waals surface area contributed by atoms with Crippen LogP contribution in [0.2, 0.25) is 0 Å². The lowest BCUT2D eigenvalue weighted by Gasteiger charge is -2.43. The molecule has 1 amide bonds. The first-order valence-corrected chi connectivity index (χ1v) is 9.29. The molecule has 0 aromatic rings. The molecule has 124 valence electrons. The van der Waals surface area contributed by atoms with Crippen molar-refractivity contribution in [3.63, 3.8) is 0 Å². The summed E-state index contributed by atoms with van der Waals surface area (Å²) in [4.78, 5) is 12.5. The minimum atomic E-state index is 0.238. The van der Waals surface area contributed by atoms with E-state index in [1.807, 2.05) is 0 Å². The second kappa shape index (κ2) is 5.79. The Bertz CT molecular complexity index is 423. The molecule has 1 heterocycles. The lowest BCUT2D eigenvalue weighted by atomic mass is 9.68. The molecule has 4 atom stereocenters. The maximum atomic E-state index is 12.5. The average Bonchev–Trinajstić information content (AvgIpc) is 2.88. The van der Waals surface area contributed by atoms with Crippen LogP contribution in [-0.4, -0.2) is 31.2 Å². The average molecular weight is 306 g/mol. The van der Waals surface area contributed by atoms with Gasteiger partial charge in [-0.25, -0.2) is 0 Å². The van der Waals surface area contributed by atoms with Crippen LogP contribution in [0.3, 0.4) is 0 Å². The Morgan fingerprint density at radius 1 is 1.05 bits per heavy atom. The van der Waals surface area contributed by atoms with Gasteiger partial charge < -0.3 is 15.8 Å². The molecule has 1 spiro atoms. The summed E-state index contributed by atoms with van der Waals surface area (Å²) in [6.07, 6.45) is 10.5. The summed E-state index contributed by atoms with van der Waals surface area (Å²) in [6.45, 7) is 1.87. The summed E-state index contributed by atoms with van der Waals surface area (Å²) in [5.74, 6) is 1.92. The first kappa shape index (κ1) is 14.9. The van der Waals surface area contributed by atoms with Gasteiger partial charge >= 0.3 is 0 Å². The largest absolute Gasteiger partial charge is 0.381 e. The molecular weight excluding hydrogens is 276 g/mol. The number of hydrogen-bond donors (Lipinski definition) is 2. The predicted molar refractivity (Wildman–Crippen MR) is 85.2 cm³/mol. The van der Waals surface area contributed by atoms with Crippen LogP contribution in [-0.2, 0) is 9.53 Å². The van der Waals surface area contributed by atoms with E-state index in [-0.39, 0.29) is 5.92 Å². The fourth-order valence-electron chi connectivity index (χ4n) is 5.49. The molecular formula is C18H30N2O2. The quantitative estimate of drug-likeness (QED) is 0.822. The van der Waals surface area contributed by atoms with Gasteiger partial charge in [-0.05, 0) is 75.0 Å². The van der Waals surface area contributed by atoms with Gasteiger partial charge in [-0.1, -0.05) is 0 Å². The van der Waals surface area contributed by atoms with Gasteiger partial charge in [-0.15, -0.1) is 0 Å². The number of nitrogens with one attached hydrogen (secondary N) is 1. The van der Waals surface area contributed by atoms with Crippen molar-refractivity contribution in [1.82, 2.24) is 5.32 Å². The number of fused-ring (bicyclic) bond motifs is 1. The third-order valence-corrected chi connectivity index (χ3v) is 7.19. The summed E-state index contributed by atoms with van der Waals surface area (Å²) in [6, 6.07) is 0.777. The fraction of sp³-hybridized carbons (Fsp3) is 0.944. The predicted octanol–water partition coefficient (Wildman–Crippen LogP) is 2.22. The van der Waals surface area contributed by atoms with E-state index in [0.717, 1.165) is 51.2 Å². The van der Waals surface area contributed by atoms with Crippen molar-refractivity contribution in [2.45, 2.75) is 69.9 Å².